The summed E-state index contributed by atoms with van der Waals surface area (Å²) in [5, 5.41) is 4.72. The Morgan fingerprint density at radius 3 is 2.71 bits per heavy atom. The van der Waals surface area contributed by atoms with Crippen molar-refractivity contribution in [3.05, 3.63) is 59.4 Å². The minimum Gasteiger partial charge on any atom is -0.272 e. The van der Waals surface area contributed by atoms with E-state index in [9.17, 15) is 4.79 Å². The van der Waals surface area contributed by atoms with Crippen molar-refractivity contribution in [2.75, 3.05) is 5.75 Å². The Balaban J connectivity index is 1.83. The smallest absolute Gasteiger partial charge is 0.250 e. The number of pyridine rings is 1. The van der Waals surface area contributed by atoms with Gasteiger partial charge < -0.3 is 0 Å². The molecule has 0 aliphatic heterocycles. The molecule has 6 heteroatoms. The highest BCUT2D eigenvalue weighted by molar-refractivity contribution is 8.00. The lowest BCUT2D eigenvalue weighted by atomic mass is 10.3. The molecule has 0 unspecified atom stereocenters. The standard InChI is InChI=1S/C15H14ClN3OS/c1-11(14-4-2-3-9-17-14)18-19-15(20)10-21-13-7-5-12(16)6-8-13/h2-9H,10H2,1H3,(H,19,20)/b18-11-. The molecule has 1 N–H and O–H groups in total. The van der Waals surface area contributed by atoms with Gasteiger partial charge in [0.25, 0.3) is 0 Å². The molecule has 1 aromatic carbocycles. The van der Waals surface area contributed by atoms with Gasteiger partial charge in [0, 0.05) is 16.1 Å². The Kier molecular flexibility index (Phi) is 5.78. The number of carbonyl (C=O) groups excluding carboxylic acids is 1. The minimum atomic E-state index is -0.162. The number of hydrogen-bond donors (Lipinski definition) is 1. The van der Waals surface area contributed by atoms with Crippen molar-refractivity contribution in [1.29, 1.82) is 0 Å². The molecule has 0 aliphatic rings. The average Bonchev–Trinajstić information content (AvgIpc) is 2.53. The Bertz CT molecular complexity index is 629. The molecule has 0 spiro atoms. The van der Waals surface area contributed by atoms with E-state index in [2.05, 4.69) is 15.5 Å². The summed E-state index contributed by atoms with van der Waals surface area (Å²) in [5.41, 5.74) is 3.93. The van der Waals surface area contributed by atoms with E-state index in [1.165, 1.54) is 11.8 Å². The van der Waals surface area contributed by atoms with E-state index in [4.69, 9.17) is 11.6 Å². The zero-order valence-electron chi connectivity index (χ0n) is 11.4. The summed E-state index contributed by atoms with van der Waals surface area (Å²) < 4.78 is 0. The van der Waals surface area contributed by atoms with E-state index >= 15 is 0 Å². The summed E-state index contributed by atoms with van der Waals surface area (Å²) in [6.07, 6.45) is 1.69. The summed E-state index contributed by atoms with van der Waals surface area (Å²) >= 11 is 7.23. The molecule has 108 valence electrons. The predicted molar refractivity (Wildman–Crippen MR) is 86.8 cm³/mol. The molecule has 0 bridgehead atoms. The van der Waals surface area contributed by atoms with Gasteiger partial charge in [-0.15, -0.1) is 11.8 Å². The fourth-order valence-corrected chi connectivity index (χ4v) is 2.31. The first-order chi connectivity index (χ1) is 10.1. The van der Waals surface area contributed by atoms with Gasteiger partial charge in [-0.2, -0.15) is 5.10 Å². The van der Waals surface area contributed by atoms with Gasteiger partial charge in [0.05, 0.1) is 17.2 Å². The first-order valence-corrected chi connectivity index (χ1v) is 7.64. The van der Waals surface area contributed by atoms with Crippen LogP contribution < -0.4 is 5.43 Å². The van der Waals surface area contributed by atoms with Crippen LogP contribution in [0, 0.1) is 0 Å². The number of hydrazone groups is 1. The molecule has 21 heavy (non-hydrogen) atoms. The van der Waals surface area contributed by atoms with Gasteiger partial charge in [-0.05, 0) is 43.3 Å². The Labute approximate surface area is 132 Å². The second kappa shape index (κ2) is 7.81. The van der Waals surface area contributed by atoms with Crippen LogP contribution in [0.1, 0.15) is 12.6 Å². The summed E-state index contributed by atoms with van der Waals surface area (Å²) in [7, 11) is 0. The van der Waals surface area contributed by atoms with Gasteiger partial charge in [0.2, 0.25) is 5.91 Å². The zero-order valence-corrected chi connectivity index (χ0v) is 13.0. The molecule has 1 amide bonds. The molecule has 1 aromatic heterocycles. The predicted octanol–water partition coefficient (Wildman–Crippen LogP) is 3.37. The topological polar surface area (TPSA) is 54.4 Å². The molecule has 1 heterocycles. The van der Waals surface area contributed by atoms with Crippen molar-refractivity contribution >= 4 is 35.0 Å². The molecular formula is C15H14ClN3OS. The maximum Gasteiger partial charge on any atom is 0.250 e. The molecule has 2 rings (SSSR count). The van der Waals surface area contributed by atoms with Gasteiger partial charge in [-0.1, -0.05) is 17.7 Å². The molecule has 0 fully saturated rings. The van der Waals surface area contributed by atoms with Gasteiger partial charge in [-0.25, -0.2) is 5.43 Å². The fraction of sp³-hybridized carbons (Fsp3) is 0.133. The van der Waals surface area contributed by atoms with Crippen molar-refractivity contribution in [3.8, 4) is 0 Å². The lowest BCUT2D eigenvalue weighted by Crippen LogP contribution is -2.21. The van der Waals surface area contributed by atoms with Crippen LogP contribution in [-0.2, 0) is 4.79 Å². The molecule has 0 saturated carbocycles. The quantitative estimate of drug-likeness (QED) is 0.522. The third-order valence-corrected chi connectivity index (χ3v) is 3.83. The summed E-state index contributed by atoms with van der Waals surface area (Å²) in [5.74, 6) is 0.130. The number of nitrogens with zero attached hydrogens (tertiary/aromatic N) is 2. The summed E-state index contributed by atoms with van der Waals surface area (Å²) in [4.78, 5) is 16.9. The summed E-state index contributed by atoms with van der Waals surface area (Å²) in [6, 6.07) is 12.9. The SMILES string of the molecule is C/C(=N/NC(=O)CSc1ccc(Cl)cc1)c1ccccn1. The second-order valence-electron chi connectivity index (χ2n) is 4.19. The molecule has 0 saturated heterocycles. The van der Waals surface area contributed by atoms with Crippen molar-refractivity contribution < 1.29 is 4.79 Å². The van der Waals surface area contributed by atoms with Gasteiger partial charge in [-0.3, -0.25) is 9.78 Å². The minimum absolute atomic E-state index is 0.162. The molecule has 0 radical (unpaired) electrons. The number of rotatable bonds is 5. The van der Waals surface area contributed by atoms with Gasteiger partial charge >= 0.3 is 0 Å². The molecule has 0 atom stereocenters. The molecule has 2 aromatic rings. The van der Waals surface area contributed by atoms with Crippen LogP contribution in [0.25, 0.3) is 0 Å². The van der Waals surface area contributed by atoms with E-state index in [-0.39, 0.29) is 5.91 Å². The summed E-state index contributed by atoms with van der Waals surface area (Å²) in [6.45, 7) is 1.80. The van der Waals surface area contributed by atoms with Crippen molar-refractivity contribution in [1.82, 2.24) is 10.4 Å². The van der Waals surface area contributed by atoms with Crippen LogP contribution in [0.15, 0.2) is 58.7 Å². The molecule has 0 aliphatic carbocycles. The van der Waals surface area contributed by atoms with E-state index < -0.39 is 0 Å². The van der Waals surface area contributed by atoms with Crippen molar-refractivity contribution in [2.24, 2.45) is 5.10 Å². The van der Waals surface area contributed by atoms with Gasteiger partial charge in [0.1, 0.15) is 0 Å². The fourth-order valence-electron chi connectivity index (χ4n) is 1.49. The highest BCUT2D eigenvalue weighted by Gasteiger charge is 2.03. The molecule has 4 nitrogen and oxygen atoms in total. The third kappa shape index (κ3) is 5.21. The lowest BCUT2D eigenvalue weighted by molar-refractivity contribution is -0.118. The maximum atomic E-state index is 11.7. The Hall–Kier alpha value is -1.85. The molecular weight excluding hydrogens is 306 g/mol. The van der Waals surface area contributed by atoms with Crippen LogP contribution in [-0.4, -0.2) is 22.4 Å². The van der Waals surface area contributed by atoms with Crippen LogP contribution in [0.3, 0.4) is 0 Å². The number of benzene rings is 1. The number of amides is 1. The van der Waals surface area contributed by atoms with E-state index in [0.29, 0.717) is 16.5 Å². The van der Waals surface area contributed by atoms with E-state index in [0.717, 1.165) is 10.6 Å². The number of aromatic nitrogens is 1. The number of thioether (sulfide) groups is 1. The van der Waals surface area contributed by atoms with Crippen LogP contribution in [0.4, 0.5) is 0 Å². The maximum absolute atomic E-state index is 11.7. The highest BCUT2D eigenvalue weighted by atomic mass is 35.5. The first kappa shape index (κ1) is 15.5. The monoisotopic (exact) mass is 319 g/mol. The lowest BCUT2D eigenvalue weighted by Gasteiger charge is -2.03. The number of carbonyl (C=O) groups is 1. The second-order valence-corrected chi connectivity index (χ2v) is 5.67. The highest BCUT2D eigenvalue weighted by Crippen LogP contribution is 2.19. The van der Waals surface area contributed by atoms with Gasteiger partial charge in [0.15, 0.2) is 0 Å². The number of halogens is 1. The first-order valence-electron chi connectivity index (χ1n) is 6.28. The normalized spacial score (nSPS) is 11.2. The van der Waals surface area contributed by atoms with Crippen LogP contribution >= 0.6 is 23.4 Å². The third-order valence-electron chi connectivity index (χ3n) is 2.57. The Morgan fingerprint density at radius 1 is 1.29 bits per heavy atom. The van der Waals surface area contributed by atoms with E-state index in [1.54, 1.807) is 25.3 Å². The zero-order chi connectivity index (χ0) is 15.1. The van der Waals surface area contributed by atoms with E-state index in [1.807, 2.05) is 30.3 Å². The number of hydrogen-bond acceptors (Lipinski definition) is 4. The van der Waals surface area contributed by atoms with Crippen molar-refractivity contribution in [2.45, 2.75) is 11.8 Å². The largest absolute Gasteiger partial charge is 0.272 e. The average molecular weight is 320 g/mol. The number of nitrogens with one attached hydrogen (secondary N) is 1. The van der Waals surface area contributed by atoms with Crippen LogP contribution in [0.5, 0.6) is 0 Å². The van der Waals surface area contributed by atoms with Crippen LogP contribution in [0.2, 0.25) is 5.02 Å². The Morgan fingerprint density at radius 2 is 2.05 bits per heavy atom. The van der Waals surface area contributed by atoms with Crippen molar-refractivity contribution in [3.63, 3.8) is 0 Å².